The van der Waals surface area contributed by atoms with Crippen molar-refractivity contribution in [3.05, 3.63) is 82.4 Å². The van der Waals surface area contributed by atoms with E-state index in [0.29, 0.717) is 12.2 Å². The van der Waals surface area contributed by atoms with Crippen molar-refractivity contribution >= 4 is 23.1 Å². The molecule has 0 aliphatic heterocycles. The molecule has 0 heterocycles. The van der Waals surface area contributed by atoms with E-state index in [1.54, 1.807) is 24.9 Å². The Balaban J connectivity index is 1.74. The molecule has 0 bridgehead atoms. The summed E-state index contributed by atoms with van der Waals surface area (Å²) in [6, 6.07) is 20.0. The summed E-state index contributed by atoms with van der Waals surface area (Å²) in [6.45, 7) is 0.501. The summed E-state index contributed by atoms with van der Waals surface area (Å²) in [7, 11) is 1.64. The van der Waals surface area contributed by atoms with Crippen LogP contribution < -0.4 is 10.1 Å². The Morgan fingerprint density at radius 2 is 1.85 bits per heavy atom. The van der Waals surface area contributed by atoms with Gasteiger partial charge in [0.05, 0.1) is 12.0 Å². The maximum Gasteiger partial charge on any atom is 0.312 e. The first kappa shape index (κ1) is 18.6. The third-order valence-electron chi connectivity index (χ3n) is 3.91. The number of ether oxygens (including phenoxy) is 1. The van der Waals surface area contributed by atoms with Crippen LogP contribution in [0.25, 0.3) is 0 Å². The van der Waals surface area contributed by atoms with Crippen LogP contribution in [0.3, 0.4) is 0 Å². The molecule has 27 heavy (non-hydrogen) atoms. The number of hydrogen-bond acceptors (Lipinski definition) is 6. The Labute approximate surface area is 161 Å². The summed E-state index contributed by atoms with van der Waals surface area (Å²) < 4.78 is 5.18. The van der Waals surface area contributed by atoms with E-state index < -0.39 is 4.92 Å². The molecule has 2 N–H and O–H groups in total. The minimum Gasteiger partial charge on any atom is -0.502 e. The lowest BCUT2D eigenvalue weighted by Gasteiger charge is -2.12. The van der Waals surface area contributed by atoms with E-state index in [-0.39, 0.29) is 11.4 Å². The number of hydrogen-bond donors (Lipinski definition) is 2. The predicted octanol–water partition coefficient (Wildman–Crippen LogP) is 5.07. The highest BCUT2D eigenvalue weighted by Gasteiger charge is 2.13. The first-order valence-corrected chi connectivity index (χ1v) is 8.99. The van der Waals surface area contributed by atoms with Crippen molar-refractivity contribution in [3.8, 4) is 11.5 Å². The van der Waals surface area contributed by atoms with Gasteiger partial charge in [-0.15, -0.1) is 0 Å². The molecule has 0 aliphatic carbocycles. The predicted molar refractivity (Wildman–Crippen MR) is 106 cm³/mol. The molecule has 6 nitrogen and oxygen atoms in total. The summed E-state index contributed by atoms with van der Waals surface area (Å²) in [5, 5.41) is 23.7. The molecule has 0 saturated heterocycles. The number of anilines is 1. The van der Waals surface area contributed by atoms with Crippen LogP contribution in [-0.4, -0.2) is 17.1 Å². The van der Waals surface area contributed by atoms with E-state index in [2.05, 4.69) is 5.32 Å². The van der Waals surface area contributed by atoms with Crippen molar-refractivity contribution < 1.29 is 14.8 Å². The number of nitrogens with zero attached hydrogens (tertiary/aromatic N) is 1. The molecule has 3 aromatic carbocycles. The van der Waals surface area contributed by atoms with Crippen molar-refractivity contribution in [1.82, 2.24) is 0 Å². The first-order chi connectivity index (χ1) is 13.1. The Morgan fingerprint density at radius 1 is 1.11 bits per heavy atom. The van der Waals surface area contributed by atoms with Crippen LogP contribution in [-0.2, 0) is 6.54 Å². The second-order valence-corrected chi connectivity index (χ2v) is 6.81. The fourth-order valence-electron chi connectivity index (χ4n) is 2.50. The molecular weight excluding hydrogens is 364 g/mol. The van der Waals surface area contributed by atoms with Gasteiger partial charge in [-0.2, -0.15) is 0 Å². The number of benzene rings is 3. The van der Waals surface area contributed by atoms with Crippen molar-refractivity contribution in [1.29, 1.82) is 0 Å². The fourth-order valence-corrected chi connectivity index (χ4v) is 3.44. The van der Waals surface area contributed by atoms with Gasteiger partial charge in [-0.05, 0) is 48.0 Å². The van der Waals surface area contributed by atoms with Gasteiger partial charge in [0.1, 0.15) is 5.75 Å². The molecule has 0 amide bonds. The average molecular weight is 382 g/mol. The van der Waals surface area contributed by atoms with Gasteiger partial charge in [0.15, 0.2) is 5.75 Å². The molecular formula is C20H18N2O4S. The van der Waals surface area contributed by atoms with E-state index in [1.165, 1.54) is 12.1 Å². The molecule has 0 spiro atoms. The summed E-state index contributed by atoms with van der Waals surface area (Å²) in [5.41, 5.74) is 1.32. The van der Waals surface area contributed by atoms with Gasteiger partial charge < -0.3 is 15.2 Å². The molecule has 0 radical (unpaired) electrons. The SMILES string of the molecule is COc1ccc(Sc2ccccc2CNc2ccc(O)c([N+](=O)[O-])c2)cc1. The van der Waals surface area contributed by atoms with E-state index in [0.717, 1.165) is 21.1 Å². The normalized spacial score (nSPS) is 10.4. The summed E-state index contributed by atoms with van der Waals surface area (Å²) in [6.07, 6.45) is 0. The van der Waals surface area contributed by atoms with Crippen molar-refractivity contribution in [2.75, 3.05) is 12.4 Å². The fraction of sp³-hybridized carbons (Fsp3) is 0.100. The van der Waals surface area contributed by atoms with Crippen LogP contribution in [0.4, 0.5) is 11.4 Å². The quantitative estimate of drug-likeness (QED) is 0.337. The van der Waals surface area contributed by atoms with Crippen molar-refractivity contribution in [3.63, 3.8) is 0 Å². The van der Waals surface area contributed by atoms with Gasteiger partial charge in [-0.25, -0.2) is 0 Å². The lowest BCUT2D eigenvalue weighted by Crippen LogP contribution is -2.01. The Morgan fingerprint density at radius 3 is 2.56 bits per heavy atom. The number of nitro benzene ring substituents is 1. The van der Waals surface area contributed by atoms with Crippen LogP contribution in [0.2, 0.25) is 0 Å². The van der Waals surface area contributed by atoms with Crippen LogP contribution in [0.15, 0.2) is 76.5 Å². The number of phenols is 1. The number of nitrogens with one attached hydrogen (secondary N) is 1. The largest absolute Gasteiger partial charge is 0.502 e. The Hall–Kier alpha value is -3.19. The lowest BCUT2D eigenvalue weighted by molar-refractivity contribution is -0.385. The third kappa shape index (κ3) is 4.71. The number of methoxy groups -OCH3 is 1. The van der Waals surface area contributed by atoms with Gasteiger partial charge in [0.2, 0.25) is 0 Å². The number of rotatable bonds is 7. The second-order valence-electron chi connectivity index (χ2n) is 5.70. The van der Waals surface area contributed by atoms with Gasteiger partial charge >= 0.3 is 5.69 Å². The molecule has 0 atom stereocenters. The van der Waals surface area contributed by atoms with Gasteiger partial charge in [0, 0.05) is 28.1 Å². The summed E-state index contributed by atoms with van der Waals surface area (Å²) in [5.74, 6) is 0.462. The minimum atomic E-state index is -0.603. The van der Waals surface area contributed by atoms with Crippen molar-refractivity contribution in [2.45, 2.75) is 16.3 Å². The lowest BCUT2D eigenvalue weighted by atomic mass is 10.2. The zero-order valence-electron chi connectivity index (χ0n) is 14.6. The summed E-state index contributed by atoms with van der Waals surface area (Å²) >= 11 is 1.64. The van der Waals surface area contributed by atoms with Crippen molar-refractivity contribution in [2.24, 2.45) is 0 Å². The molecule has 0 aromatic heterocycles. The first-order valence-electron chi connectivity index (χ1n) is 8.18. The Bertz CT molecular complexity index is 945. The van der Waals surface area contributed by atoms with Crippen LogP contribution in [0.5, 0.6) is 11.5 Å². The smallest absolute Gasteiger partial charge is 0.312 e. The highest BCUT2D eigenvalue weighted by molar-refractivity contribution is 7.99. The maximum absolute atomic E-state index is 11.0. The highest BCUT2D eigenvalue weighted by atomic mass is 32.2. The highest BCUT2D eigenvalue weighted by Crippen LogP contribution is 2.33. The van der Waals surface area contributed by atoms with E-state index in [4.69, 9.17) is 4.74 Å². The second kappa shape index (κ2) is 8.46. The van der Waals surface area contributed by atoms with Crippen LogP contribution in [0, 0.1) is 10.1 Å². The molecule has 0 saturated carbocycles. The molecule has 0 unspecified atom stereocenters. The Kier molecular flexibility index (Phi) is 5.83. The average Bonchev–Trinajstić information content (AvgIpc) is 2.68. The van der Waals surface area contributed by atoms with Gasteiger partial charge in [-0.1, -0.05) is 30.0 Å². The zero-order valence-corrected chi connectivity index (χ0v) is 15.4. The zero-order chi connectivity index (χ0) is 19.2. The van der Waals surface area contributed by atoms with Gasteiger partial charge in [-0.3, -0.25) is 10.1 Å². The van der Waals surface area contributed by atoms with Crippen LogP contribution in [0.1, 0.15) is 5.56 Å². The molecule has 3 aromatic rings. The molecule has 0 aliphatic rings. The molecule has 0 fully saturated rings. The standard InChI is InChI=1S/C20H18N2O4S/c1-26-16-7-9-17(10-8-16)27-20-5-3-2-4-14(20)13-21-15-6-11-19(23)18(12-15)22(24)25/h2-12,21,23H,13H2,1H3. The van der Waals surface area contributed by atoms with Crippen LogP contribution >= 0.6 is 11.8 Å². The van der Waals surface area contributed by atoms with E-state index >= 15 is 0 Å². The van der Waals surface area contributed by atoms with Gasteiger partial charge in [0.25, 0.3) is 0 Å². The van der Waals surface area contributed by atoms with E-state index in [9.17, 15) is 15.2 Å². The molecule has 138 valence electrons. The summed E-state index contributed by atoms with van der Waals surface area (Å²) in [4.78, 5) is 12.5. The number of aromatic hydroxyl groups is 1. The molecule has 3 rings (SSSR count). The minimum absolute atomic E-state index is 0.319. The monoisotopic (exact) mass is 382 g/mol. The molecule has 7 heteroatoms. The number of nitro groups is 1. The maximum atomic E-state index is 11.0. The third-order valence-corrected chi connectivity index (χ3v) is 5.04. The number of phenolic OH excluding ortho intramolecular Hbond substituents is 1. The van der Waals surface area contributed by atoms with E-state index in [1.807, 2.05) is 48.5 Å². The topological polar surface area (TPSA) is 84.6 Å².